The van der Waals surface area contributed by atoms with Crippen LogP contribution in [0, 0.1) is 17.0 Å². The molecule has 0 saturated heterocycles. The number of hydrogen-bond donors (Lipinski definition) is 3. The molecule has 4 N–H and O–H groups in total. The van der Waals surface area contributed by atoms with Gasteiger partial charge in [0, 0.05) is 6.54 Å². The van der Waals surface area contributed by atoms with E-state index in [-0.39, 0.29) is 17.5 Å². The highest BCUT2D eigenvalue weighted by Gasteiger charge is 2.16. The van der Waals surface area contributed by atoms with E-state index in [1.807, 2.05) is 31.2 Å². The molecule has 0 unspecified atom stereocenters. The van der Waals surface area contributed by atoms with Crippen LogP contribution in [0.2, 0.25) is 0 Å². The molecule has 2 aromatic rings. The molecule has 8 heteroatoms. The second-order valence-corrected chi connectivity index (χ2v) is 4.17. The van der Waals surface area contributed by atoms with E-state index in [1.165, 1.54) is 0 Å². The van der Waals surface area contributed by atoms with E-state index >= 15 is 0 Å². The monoisotopic (exact) mass is 274 g/mol. The second kappa shape index (κ2) is 5.93. The Morgan fingerprint density at radius 2 is 2.05 bits per heavy atom. The number of nitrogens with zero attached hydrogens (tertiary/aromatic N) is 3. The minimum absolute atomic E-state index is 0.113. The molecule has 20 heavy (non-hydrogen) atoms. The van der Waals surface area contributed by atoms with Gasteiger partial charge in [0.2, 0.25) is 11.8 Å². The fourth-order valence-corrected chi connectivity index (χ4v) is 1.60. The molecule has 1 heterocycles. The summed E-state index contributed by atoms with van der Waals surface area (Å²) >= 11 is 0. The molecule has 104 valence electrons. The maximum absolute atomic E-state index is 10.9. The van der Waals surface area contributed by atoms with Crippen LogP contribution in [0.4, 0.5) is 17.5 Å². The van der Waals surface area contributed by atoms with Crippen molar-refractivity contribution in [1.29, 1.82) is 0 Å². The minimum atomic E-state index is -0.544. The van der Waals surface area contributed by atoms with Gasteiger partial charge >= 0.3 is 5.69 Å². The fourth-order valence-electron chi connectivity index (χ4n) is 1.60. The zero-order valence-electron chi connectivity index (χ0n) is 10.8. The number of aromatic nitrogens is 2. The van der Waals surface area contributed by atoms with Crippen LogP contribution in [-0.2, 0) is 6.54 Å². The number of nitrogens with one attached hydrogen (secondary N) is 2. The van der Waals surface area contributed by atoms with E-state index < -0.39 is 4.92 Å². The van der Waals surface area contributed by atoms with E-state index in [2.05, 4.69) is 20.7 Å². The molecule has 0 spiro atoms. The third-order valence-electron chi connectivity index (χ3n) is 2.68. The molecule has 0 aliphatic rings. The quantitative estimate of drug-likeness (QED) is 0.430. The molecule has 0 aliphatic heterocycles. The molecule has 2 rings (SSSR count). The summed E-state index contributed by atoms with van der Waals surface area (Å²) in [5.74, 6) is 5.43. The van der Waals surface area contributed by atoms with E-state index in [0.29, 0.717) is 6.54 Å². The fraction of sp³-hybridized carbons (Fsp3) is 0.167. The number of aryl methyl sites for hydroxylation is 1. The van der Waals surface area contributed by atoms with Crippen molar-refractivity contribution in [3.8, 4) is 0 Å². The Balaban J connectivity index is 2.18. The maximum atomic E-state index is 10.9. The Morgan fingerprint density at radius 1 is 1.35 bits per heavy atom. The van der Waals surface area contributed by atoms with Crippen molar-refractivity contribution in [1.82, 2.24) is 9.97 Å². The Labute approximate surface area is 115 Å². The van der Waals surface area contributed by atoms with Crippen LogP contribution in [0.5, 0.6) is 0 Å². The molecule has 0 aliphatic carbocycles. The third kappa shape index (κ3) is 3.18. The van der Waals surface area contributed by atoms with Crippen molar-refractivity contribution in [2.24, 2.45) is 5.84 Å². The first-order valence-corrected chi connectivity index (χ1v) is 5.87. The molecular formula is C12H14N6O2. The Kier molecular flexibility index (Phi) is 4.06. The summed E-state index contributed by atoms with van der Waals surface area (Å²) in [6.45, 7) is 2.41. The van der Waals surface area contributed by atoms with Gasteiger partial charge in [0.25, 0.3) is 0 Å². The molecule has 0 amide bonds. The summed E-state index contributed by atoms with van der Waals surface area (Å²) in [7, 11) is 0. The molecule has 1 aromatic carbocycles. The van der Waals surface area contributed by atoms with Crippen LogP contribution in [0.1, 0.15) is 11.1 Å². The zero-order chi connectivity index (χ0) is 14.5. The van der Waals surface area contributed by atoms with Gasteiger partial charge in [0.05, 0.1) is 4.92 Å². The van der Waals surface area contributed by atoms with Gasteiger partial charge in [-0.25, -0.2) is 10.8 Å². The number of benzene rings is 1. The standard InChI is InChI=1S/C12H14N6O2/c1-8-2-4-9(5-3-8)6-14-11-10(18(19)20)7-15-12(16-11)17-13/h2-5,7H,6,13H2,1H3,(H2,14,15,16,17). The van der Waals surface area contributed by atoms with Gasteiger partial charge in [-0.3, -0.25) is 15.5 Å². The van der Waals surface area contributed by atoms with Crippen LogP contribution in [0.15, 0.2) is 30.5 Å². The highest BCUT2D eigenvalue weighted by Crippen LogP contribution is 2.22. The Hall–Kier alpha value is -2.74. The average molecular weight is 274 g/mol. The van der Waals surface area contributed by atoms with E-state index in [4.69, 9.17) is 5.84 Å². The number of nitrogens with two attached hydrogens (primary N) is 1. The van der Waals surface area contributed by atoms with Crippen LogP contribution in [-0.4, -0.2) is 14.9 Å². The molecule has 8 nitrogen and oxygen atoms in total. The van der Waals surface area contributed by atoms with E-state index in [0.717, 1.165) is 17.3 Å². The van der Waals surface area contributed by atoms with Gasteiger partial charge in [-0.05, 0) is 12.5 Å². The smallest absolute Gasteiger partial charge is 0.329 e. The lowest BCUT2D eigenvalue weighted by molar-refractivity contribution is -0.384. The zero-order valence-corrected chi connectivity index (χ0v) is 10.8. The van der Waals surface area contributed by atoms with Gasteiger partial charge in [0.15, 0.2) is 0 Å². The summed E-state index contributed by atoms with van der Waals surface area (Å²) in [5.41, 5.74) is 4.20. The summed E-state index contributed by atoms with van der Waals surface area (Å²) in [5, 5.41) is 13.8. The van der Waals surface area contributed by atoms with Gasteiger partial charge in [-0.1, -0.05) is 29.8 Å². The van der Waals surface area contributed by atoms with Gasteiger partial charge in [0.1, 0.15) is 6.20 Å². The average Bonchev–Trinajstić information content (AvgIpc) is 2.46. The van der Waals surface area contributed by atoms with Crippen LogP contribution < -0.4 is 16.6 Å². The highest BCUT2D eigenvalue weighted by atomic mass is 16.6. The van der Waals surface area contributed by atoms with Crippen molar-refractivity contribution in [3.05, 3.63) is 51.7 Å². The summed E-state index contributed by atoms with van der Waals surface area (Å²) in [6, 6.07) is 7.82. The van der Waals surface area contributed by atoms with E-state index in [9.17, 15) is 10.1 Å². The maximum Gasteiger partial charge on any atom is 0.329 e. The molecular weight excluding hydrogens is 260 g/mol. The van der Waals surface area contributed by atoms with Crippen LogP contribution in [0.3, 0.4) is 0 Å². The van der Waals surface area contributed by atoms with Crippen LogP contribution in [0.25, 0.3) is 0 Å². The summed E-state index contributed by atoms with van der Waals surface area (Å²) < 4.78 is 0. The first-order valence-electron chi connectivity index (χ1n) is 5.87. The number of nitrogen functional groups attached to an aromatic ring is 1. The molecule has 1 aromatic heterocycles. The van der Waals surface area contributed by atoms with Crippen molar-refractivity contribution >= 4 is 17.5 Å². The number of hydrazine groups is 1. The predicted molar refractivity (Wildman–Crippen MR) is 75.0 cm³/mol. The van der Waals surface area contributed by atoms with Gasteiger partial charge in [-0.15, -0.1) is 0 Å². The number of nitro groups is 1. The third-order valence-corrected chi connectivity index (χ3v) is 2.68. The van der Waals surface area contributed by atoms with Gasteiger partial charge in [-0.2, -0.15) is 4.98 Å². The van der Waals surface area contributed by atoms with Crippen molar-refractivity contribution in [2.45, 2.75) is 13.5 Å². The molecule has 0 saturated carbocycles. The van der Waals surface area contributed by atoms with Crippen molar-refractivity contribution in [2.75, 3.05) is 10.7 Å². The summed E-state index contributed by atoms with van der Waals surface area (Å²) in [4.78, 5) is 18.0. The lowest BCUT2D eigenvalue weighted by Gasteiger charge is -2.07. The number of rotatable bonds is 5. The van der Waals surface area contributed by atoms with Crippen molar-refractivity contribution < 1.29 is 4.92 Å². The van der Waals surface area contributed by atoms with Crippen molar-refractivity contribution in [3.63, 3.8) is 0 Å². The number of anilines is 2. The topological polar surface area (TPSA) is 119 Å². The Morgan fingerprint density at radius 3 is 2.65 bits per heavy atom. The predicted octanol–water partition coefficient (Wildman–Crippen LogP) is 1.59. The first kappa shape index (κ1) is 13.7. The van der Waals surface area contributed by atoms with Crippen LogP contribution >= 0.6 is 0 Å². The lowest BCUT2D eigenvalue weighted by Crippen LogP contribution is -2.13. The number of hydrogen-bond acceptors (Lipinski definition) is 7. The largest absolute Gasteiger partial charge is 0.360 e. The minimum Gasteiger partial charge on any atom is -0.360 e. The summed E-state index contributed by atoms with van der Waals surface area (Å²) in [6.07, 6.45) is 1.11. The SMILES string of the molecule is Cc1ccc(CNc2nc(NN)ncc2[N+](=O)[O-])cc1. The normalized spacial score (nSPS) is 10.1. The lowest BCUT2D eigenvalue weighted by atomic mass is 10.1. The molecule has 0 fully saturated rings. The Bertz CT molecular complexity index is 614. The first-order chi connectivity index (χ1) is 9.60. The molecule has 0 atom stereocenters. The second-order valence-electron chi connectivity index (χ2n) is 4.17. The van der Waals surface area contributed by atoms with Gasteiger partial charge < -0.3 is 5.32 Å². The molecule has 0 radical (unpaired) electrons. The van der Waals surface area contributed by atoms with E-state index in [1.54, 1.807) is 0 Å². The highest BCUT2D eigenvalue weighted by molar-refractivity contribution is 5.57. The molecule has 0 bridgehead atoms.